The minimum atomic E-state index is -0.397. The van der Waals surface area contributed by atoms with Crippen molar-refractivity contribution in [1.29, 1.82) is 0 Å². The molecule has 0 spiro atoms. The molecule has 0 amide bonds. The highest BCUT2D eigenvalue weighted by Gasteiger charge is 2.28. The van der Waals surface area contributed by atoms with Crippen molar-refractivity contribution >= 4 is 17.6 Å². The van der Waals surface area contributed by atoms with E-state index in [0.717, 1.165) is 11.1 Å². The lowest BCUT2D eigenvalue weighted by atomic mass is 10.0. The molecule has 0 fully saturated rings. The van der Waals surface area contributed by atoms with Gasteiger partial charge in [-0.3, -0.25) is 4.79 Å². The molecule has 1 aliphatic heterocycles. The molecule has 1 aromatic rings. The summed E-state index contributed by atoms with van der Waals surface area (Å²) in [6, 6.07) is 7.48. The zero-order valence-electron chi connectivity index (χ0n) is 12.2. The molecular weight excluding hydrogens is 270 g/mol. The molecule has 0 aromatic heterocycles. The van der Waals surface area contributed by atoms with Gasteiger partial charge < -0.3 is 14.8 Å². The number of hydrogen-bond donors (Lipinski definition) is 1. The lowest BCUT2D eigenvalue weighted by molar-refractivity contribution is -0.143. The van der Waals surface area contributed by atoms with E-state index in [4.69, 9.17) is 9.47 Å². The highest BCUT2D eigenvalue weighted by Crippen LogP contribution is 2.34. The Morgan fingerprint density at radius 1 is 1.19 bits per heavy atom. The molecule has 0 aliphatic carbocycles. The molecule has 112 valence electrons. The van der Waals surface area contributed by atoms with Crippen LogP contribution in [0.4, 0.5) is 0 Å². The van der Waals surface area contributed by atoms with Crippen LogP contribution in [0.5, 0.6) is 0 Å². The molecule has 21 heavy (non-hydrogen) atoms. The first kappa shape index (κ1) is 15.1. The van der Waals surface area contributed by atoms with E-state index >= 15 is 0 Å². The van der Waals surface area contributed by atoms with Gasteiger partial charge in [0.25, 0.3) is 0 Å². The Labute approximate surface area is 123 Å². The van der Waals surface area contributed by atoms with E-state index in [0.29, 0.717) is 18.9 Å². The molecule has 2 rings (SSSR count). The van der Waals surface area contributed by atoms with Gasteiger partial charge in [0.1, 0.15) is 0 Å². The molecule has 0 saturated heterocycles. The molecule has 1 atom stereocenters. The van der Waals surface area contributed by atoms with Crippen LogP contribution in [-0.2, 0) is 19.1 Å². The summed E-state index contributed by atoms with van der Waals surface area (Å²) in [4.78, 5) is 23.3. The third-order valence-electron chi connectivity index (χ3n) is 3.18. The predicted octanol–water partition coefficient (Wildman–Crippen LogP) is 2.19. The summed E-state index contributed by atoms with van der Waals surface area (Å²) < 4.78 is 9.91. The van der Waals surface area contributed by atoms with Crippen molar-refractivity contribution in [2.24, 2.45) is 0 Å². The smallest absolute Gasteiger partial charge is 0.332 e. The second-order valence-corrected chi connectivity index (χ2v) is 4.60. The SMILES string of the molecule is CCOC(=O)/C=C1\NC(CC(=O)OCC)c2ccccc21. The van der Waals surface area contributed by atoms with Crippen molar-refractivity contribution in [1.82, 2.24) is 5.32 Å². The molecule has 1 N–H and O–H groups in total. The highest BCUT2D eigenvalue weighted by atomic mass is 16.5. The maximum atomic E-state index is 11.7. The number of fused-ring (bicyclic) bond motifs is 1. The monoisotopic (exact) mass is 289 g/mol. The Kier molecular flexibility index (Phi) is 4.98. The summed E-state index contributed by atoms with van der Waals surface area (Å²) >= 11 is 0. The standard InChI is InChI=1S/C16H19NO4/c1-3-20-15(18)9-13-11-7-5-6-8-12(11)14(17-13)10-16(19)21-4-2/h5-9,14,17H,3-4,10H2,1-2H3/b13-9-. The summed E-state index contributed by atoms with van der Waals surface area (Å²) in [5, 5.41) is 3.19. The van der Waals surface area contributed by atoms with E-state index < -0.39 is 5.97 Å². The molecule has 5 heteroatoms. The normalized spacial score (nSPS) is 18.0. The van der Waals surface area contributed by atoms with Crippen LogP contribution in [0.2, 0.25) is 0 Å². The van der Waals surface area contributed by atoms with Crippen LogP contribution in [-0.4, -0.2) is 25.2 Å². The lowest BCUT2D eigenvalue weighted by Gasteiger charge is -2.11. The topological polar surface area (TPSA) is 64.6 Å². The first-order valence-electron chi connectivity index (χ1n) is 7.05. The van der Waals surface area contributed by atoms with Crippen molar-refractivity contribution < 1.29 is 19.1 Å². The average molecular weight is 289 g/mol. The van der Waals surface area contributed by atoms with Gasteiger partial charge in [0, 0.05) is 17.3 Å². The molecule has 1 aromatic carbocycles. The highest BCUT2D eigenvalue weighted by molar-refractivity contribution is 5.92. The molecule has 1 heterocycles. The molecule has 1 aliphatic rings. The first-order chi connectivity index (χ1) is 10.2. The fraction of sp³-hybridized carbons (Fsp3) is 0.375. The Hall–Kier alpha value is -2.30. The van der Waals surface area contributed by atoms with Gasteiger partial charge in [0.05, 0.1) is 25.7 Å². The largest absolute Gasteiger partial charge is 0.466 e. The van der Waals surface area contributed by atoms with Crippen LogP contribution in [0.3, 0.4) is 0 Å². The Morgan fingerprint density at radius 2 is 1.90 bits per heavy atom. The third kappa shape index (κ3) is 3.62. The summed E-state index contributed by atoms with van der Waals surface area (Å²) in [5.41, 5.74) is 2.58. The van der Waals surface area contributed by atoms with Gasteiger partial charge in [-0.1, -0.05) is 24.3 Å². The molecule has 1 unspecified atom stereocenters. The van der Waals surface area contributed by atoms with Crippen LogP contribution < -0.4 is 5.32 Å². The van der Waals surface area contributed by atoms with Crippen molar-refractivity contribution in [2.75, 3.05) is 13.2 Å². The Bertz CT molecular complexity index is 565. The number of carbonyl (C=O) groups is 2. The van der Waals surface area contributed by atoms with E-state index in [1.165, 1.54) is 6.08 Å². The van der Waals surface area contributed by atoms with Gasteiger partial charge in [0.15, 0.2) is 0 Å². The zero-order chi connectivity index (χ0) is 15.2. The van der Waals surface area contributed by atoms with E-state index in [1.54, 1.807) is 13.8 Å². The fourth-order valence-corrected chi connectivity index (χ4v) is 2.36. The molecule has 5 nitrogen and oxygen atoms in total. The lowest BCUT2D eigenvalue weighted by Crippen LogP contribution is -2.18. The molecule has 0 bridgehead atoms. The van der Waals surface area contributed by atoms with Gasteiger partial charge in [-0.15, -0.1) is 0 Å². The van der Waals surface area contributed by atoms with Crippen LogP contribution in [0.1, 0.15) is 37.4 Å². The van der Waals surface area contributed by atoms with Crippen molar-refractivity contribution in [3.8, 4) is 0 Å². The van der Waals surface area contributed by atoms with Crippen molar-refractivity contribution in [3.63, 3.8) is 0 Å². The first-order valence-corrected chi connectivity index (χ1v) is 7.05. The number of ether oxygens (including phenoxy) is 2. The summed E-state index contributed by atoms with van der Waals surface area (Å²) in [6.07, 6.45) is 1.65. The van der Waals surface area contributed by atoms with Crippen LogP contribution in [0.15, 0.2) is 30.3 Å². The van der Waals surface area contributed by atoms with Gasteiger partial charge in [0.2, 0.25) is 0 Å². The van der Waals surface area contributed by atoms with Gasteiger partial charge in [-0.05, 0) is 19.4 Å². The van der Waals surface area contributed by atoms with Crippen LogP contribution in [0, 0.1) is 0 Å². The van der Waals surface area contributed by atoms with Crippen LogP contribution in [0.25, 0.3) is 5.70 Å². The Morgan fingerprint density at radius 3 is 2.62 bits per heavy atom. The second kappa shape index (κ2) is 6.92. The minimum Gasteiger partial charge on any atom is -0.466 e. The summed E-state index contributed by atoms with van der Waals surface area (Å²) in [7, 11) is 0. The minimum absolute atomic E-state index is 0.180. The number of rotatable bonds is 5. The number of benzene rings is 1. The van der Waals surface area contributed by atoms with Crippen molar-refractivity contribution in [2.45, 2.75) is 26.3 Å². The quantitative estimate of drug-likeness (QED) is 0.665. The summed E-state index contributed by atoms with van der Waals surface area (Å²) in [6.45, 7) is 4.23. The Balaban J connectivity index is 2.21. The van der Waals surface area contributed by atoms with Gasteiger partial charge >= 0.3 is 11.9 Å². The number of hydrogen-bond acceptors (Lipinski definition) is 5. The predicted molar refractivity (Wildman–Crippen MR) is 78.2 cm³/mol. The number of carbonyl (C=O) groups excluding carboxylic acids is 2. The van der Waals surface area contributed by atoms with Gasteiger partial charge in [-0.25, -0.2) is 4.79 Å². The van der Waals surface area contributed by atoms with Crippen molar-refractivity contribution in [3.05, 3.63) is 41.5 Å². The van der Waals surface area contributed by atoms with Gasteiger partial charge in [-0.2, -0.15) is 0 Å². The van der Waals surface area contributed by atoms with E-state index in [9.17, 15) is 9.59 Å². The maximum Gasteiger partial charge on any atom is 0.332 e. The zero-order valence-corrected chi connectivity index (χ0v) is 12.2. The average Bonchev–Trinajstić information content (AvgIpc) is 2.78. The van der Waals surface area contributed by atoms with Crippen LogP contribution >= 0.6 is 0 Å². The summed E-state index contributed by atoms with van der Waals surface area (Å²) in [5.74, 6) is -0.659. The molecular formula is C16H19NO4. The molecule has 0 saturated carbocycles. The molecule has 0 radical (unpaired) electrons. The fourth-order valence-electron chi connectivity index (χ4n) is 2.36. The third-order valence-corrected chi connectivity index (χ3v) is 3.18. The van der Waals surface area contributed by atoms with E-state index in [-0.39, 0.29) is 18.4 Å². The van der Waals surface area contributed by atoms with E-state index in [2.05, 4.69) is 5.32 Å². The second-order valence-electron chi connectivity index (χ2n) is 4.60. The maximum absolute atomic E-state index is 11.7. The van der Waals surface area contributed by atoms with E-state index in [1.807, 2.05) is 24.3 Å². The number of nitrogens with one attached hydrogen (secondary N) is 1. The number of esters is 2.